The van der Waals surface area contributed by atoms with Gasteiger partial charge in [-0.15, -0.1) is 0 Å². The first-order chi connectivity index (χ1) is 5.99. The summed E-state index contributed by atoms with van der Waals surface area (Å²) in [5.41, 5.74) is 0.341. The summed E-state index contributed by atoms with van der Waals surface area (Å²) in [7, 11) is -3.26. The van der Waals surface area contributed by atoms with Gasteiger partial charge in [-0.05, 0) is 6.07 Å². The van der Waals surface area contributed by atoms with E-state index in [4.69, 9.17) is 0 Å². The zero-order valence-corrected chi connectivity index (χ0v) is 7.94. The molecule has 5 heteroatoms. The van der Waals surface area contributed by atoms with Crippen LogP contribution in [0.1, 0.15) is 5.56 Å². The van der Waals surface area contributed by atoms with Crippen molar-refractivity contribution in [1.82, 2.24) is 4.72 Å². The van der Waals surface area contributed by atoms with Crippen molar-refractivity contribution in [3.63, 3.8) is 0 Å². The Morgan fingerprint density at radius 3 is 2.54 bits per heavy atom. The zero-order valence-electron chi connectivity index (χ0n) is 7.12. The minimum absolute atomic E-state index is 0.00843. The van der Waals surface area contributed by atoms with Crippen LogP contribution in [0.5, 0.6) is 0 Å². The van der Waals surface area contributed by atoms with Gasteiger partial charge in [0.05, 0.1) is 6.26 Å². The SMILES string of the molecule is CS(=O)(=O)NCc1ccccc1F. The lowest BCUT2D eigenvalue weighted by atomic mass is 10.2. The maximum Gasteiger partial charge on any atom is 0.209 e. The molecule has 0 saturated heterocycles. The molecule has 72 valence electrons. The Morgan fingerprint density at radius 1 is 1.38 bits per heavy atom. The van der Waals surface area contributed by atoms with Crippen molar-refractivity contribution in [3.8, 4) is 0 Å². The molecule has 0 radical (unpaired) electrons. The van der Waals surface area contributed by atoms with Crippen LogP contribution < -0.4 is 4.72 Å². The van der Waals surface area contributed by atoms with Gasteiger partial charge in [-0.25, -0.2) is 17.5 Å². The van der Waals surface area contributed by atoms with E-state index < -0.39 is 15.8 Å². The van der Waals surface area contributed by atoms with Crippen LogP contribution in [-0.4, -0.2) is 14.7 Å². The summed E-state index contributed by atoms with van der Waals surface area (Å²) in [6.45, 7) is -0.00843. The second kappa shape index (κ2) is 3.85. The first-order valence-corrected chi connectivity index (χ1v) is 5.56. The third kappa shape index (κ3) is 3.52. The van der Waals surface area contributed by atoms with Crippen molar-refractivity contribution < 1.29 is 12.8 Å². The Balaban J connectivity index is 2.71. The Morgan fingerprint density at radius 2 is 2.00 bits per heavy atom. The molecule has 0 aliphatic heterocycles. The molecule has 0 saturated carbocycles. The van der Waals surface area contributed by atoms with Crippen LogP contribution in [0, 0.1) is 5.82 Å². The number of hydrogen-bond donors (Lipinski definition) is 1. The van der Waals surface area contributed by atoms with Gasteiger partial charge in [-0.3, -0.25) is 0 Å². The molecule has 0 atom stereocenters. The molecular formula is C8H10FNO2S. The highest BCUT2D eigenvalue weighted by molar-refractivity contribution is 7.88. The fourth-order valence-electron chi connectivity index (χ4n) is 0.851. The fourth-order valence-corrected chi connectivity index (χ4v) is 1.27. The Labute approximate surface area is 76.6 Å². The number of sulfonamides is 1. The minimum Gasteiger partial charge on any atom is -0.213 e. The number of halogens is 1. The van der Waals surface area contributed by atoms with Crippen LogP contribution in [0.25, 0.3) is 0 Å². The lowest BCUT2D eigenvalue weighted by molar-refractivity contribution is 0.579. The molecule has 0 aliphatic rings. The van der Waals surface area contributed by atoms with E-state index in [9.17, 15) is 12.8 Å². The third-order valence-electron chi connectivity index (χ3n) is 1.48. The van der Waals surface area contributed by atoms with Crippen molar-refractivity contribution in [3.05, 3.63) is 35.6 Å². The smallest absolute Gasteiger partial charge is 0.209 e. The van der Waals surface area contributed by atoms with Gasteiger partial charge in [-0.1, -0.05) is 18.2 Å². The molecule has 0 heterocycles. The van der Waals surface area contributed by atoms with Crippen molar-refractivity contribution in [1.29, 1.82) is 0 Å². The van der Waals surface area contributed by atoms with Gasteiger partial charge in [0.2, 0.25) is 10.0 Å². The number of nitrogens with one attached hydrogen (secondary N) is 1. The normalized spacial score (nSPS) is 11.5. The van der Waals surface area contributed by atoms with Gasteiger partial charge in [0.15, 0.2) is 0 Å². The Kier molecular flexibility index (Phi) is 3.00. The van der Waals surface area contributed by atoms with Crippen LogP contribution in [-0.2, 0) is 16.6 Å². The van der Waals surface area contributed by atoms with Crippen molar-refractivity contribution >= 4 is 10.0 Å². The van der Waals surface area contributed by atoms with Gasteiger partial charge in [0, 0.05) is 12.1 Å². The molecule has 0 unspecified atom stereocenters. The second-order valence-corrected chi connectivity index (χ2v) is 4.52. The molecule has 1 aromatic rings. The average Bonchev–Trinajstić information content (AvgIpc) is 2.01. The van der Waals surface area contributed by atoms with Gasteiger partial charge in [0.25, 0.3) is 0 Å². The predicted octanol–water partition coefficient (Wildman–Crippen LogP) is 0.875. The van der Waals surface area contributed by atoms with Crippen LogP contribution in [0.4, 0.5) is 4.39 Å². The molecule has 1 aromatic carbocycles. The van der Waals surface area contributed by atoms with Crippen molar-refractivity contribution in [2.45, 2.75) is 6.54 Å². The minimum atomic E-state index is -3.26. The third-order valence-corrected chi connectivity index (χ3v) is 2.15. The highest BCUT2D eigenvalue weighted by atomic mass is 32.2. The average molecular weight is 203 g/mol. The van der Waals surface area contributed by atoms with Crippen LogP contribution in [0.2, 0.25) is 0 Å². The maximum atomic E-state index is 12.9. The molecule has 3 nitrogen and oxygen atoms in total. The molecule has 13 heavy (non-hydrogen) atoms. The van der Waals surface area contributed by atoms with E-state index in [1.165, 1.54) is 12.1 Å². The van der Waals surface area contributed by atoms with Gasteiger partial charge in [0.1, 0.15) is 5.82 Å². The molecule has 0 fully saturated rings. The molecule has 1 N–H and O–H groups in total. The summed E-state index contributed by atoms with van der Waals surface area (Å²) in [5, 5.41) is 0. The van der Waals surface area contributed by atoms with E-state index in [1.54, 1.807) is 12.1 Å². The summed E-state index contributed by atoms with van der Waals surface area (Å²) in [5.74, 6) is -0.404. The predicted molar refractivity (Wildman–Crippen MR) is 48.1 cm³/mol. The molecule has 0 bridgehead atoms. The highest BCUT2D eigenvalue weighted by Crippen LogP contribution is 2.05. The fraction of sp³-hybridized carbons (Fsp3) is 0.250. The summed E-state index contributed by atoms with van der Waals surface area (Å²) >= 11 is 0. The molecule has 0 aromatic heterocycles. The Bertz CT molecular complexity index is 389. The highest BCUT2D eigenvalue weighted by Gasteiger charge is 2.03. The van der Waals surface area contributed by atoms with Crippen LogP contribution in [0.3, 0.4) is 0 Å². The molecule has 0 spiro atoms. The first-order valence-electron chi connectivity index (χ1n) is 3.67. The van der Waals surface area contributed by atoms with Gasteiger partial charge < -0.3 is 0 Å². The van der Waals surface area contributed by atoms with Gasteiger partial charge >= 0.3 is 0 Å². The van der Waals surface area contributed by atoms with Crippen LogP contribution >= 0.6 is 0 Å². The molecular weight excluding hydrogens is 193 g/mol. The molecule has 1 rings (SSSR count). The summed E-state index contributed by atoms with van der Waals surface area (Å²) < 4.78 is 36.5. The monoisotopic (exact) mass is 203 g/mol. The topological polar surface area (TPSA) is 46.2 Å². The summed E-state index contributed by atoms with van der Waals surface area (Å²) in [6, 6.07) is 6.04. The van der Waals surface area contributed by atoms with E-state index in [0.717, 1.165) is 6.26 Å². The lowest BCUT2D eigenvalue weighted by Gasteiger charge is -2.02. The van der Waals surface area contributed by atoms with E-state index in [-0.39, 0.29) is 6.54 Å². The number of rotatable bonds is 3. The van der Waals surface area contributed by atoms with Crippen molar-refractivity contribution in [2.24, 2.45) is 0 Å². The summed E-state index contributed by atoms with van der Waals surface area (Å²) in [6.07, 6.45) is 1.04. The van der Waals surface area contributed by atoms with Crippen LogP contribution in [0.15, 0.2) is 24.3 Å². The zero-order chi connectivity index (χ0) is 9.90. The largest absolute Gasteiger partial charge is 0.213 e. The van der Waals surface area contributed by atoms with E-state index in [1.807, 2.05) is 0 Å². The van der Waals surface area contributed by atoms with E-state index >= 15 is 0 Å². The first kappa shape index (κ1) is 10.1. The summed E-state index contributed by atoms with van der Waals surface area (Å²) in [4.78, 5) is 0. The van der Waals surface area contributed by atoms with E-state index in [2.05, 4.69) is 4.72 Å². The number of hydrogen-bond acceptors (Lipinski definition) is 2. The second-order valence-electron chi connectivity index (χ2n) is 2.68. The maximum absolute atomic E-state index is 12.9. The van der Waals surface area contributed by atoms with E-state index in [0.29, 0.717) is 5.56 Å². The number of benzene rings is 1. The molecule has 0 aliphatic carbocycles. The van der Waals surface area contributed by atoms with Gasteiger partial charge in [-0.2, -0.15) is 0 Å². The standard InChI is InChI=1S/C8H10FNO2S/c1-13(11,12)10-6-7-4-2-3-5-8(7)9/h2-5,10H,6H2,1H3. The van der Waals surface area contributed by atoms with Crippen molar-refractivity contribution in [2.75, 3.05) is 6.26 Å². The Hall–Kier alpha value is -0.940. The lowest BCUT2D eigenvalue weighted by Crippen LogP contribution is -2.21. The quantitative estimate of drug-likeness (QED) is 0.792. The molecule has 0 amide bonds.